The summed E-state index contributed by atoms with van der Waals surface area (Å²) in [5, 5.41) is 5.68. The Morgan fingerprint density at radius 3 is 2.48 bits per heavy atom. The summed E-state index contributed by atoms with van der Waals surface area (Å²) in [7, 11) is 0. The zero-order valence-electron chi connectivity index (χ0n) is 13.8. The predicted molar refractivity (Wildman–Crippen MR) is 102 cm³/mol. The van der Waals surface area contributed by atoms with Crippen molar-refractivity contribution in [3.8, 4) is 0 Å². The molecular weight excluding hydrogens is 363 g/mol. The Bertz CT molecular complexity index is 768. The molecule has 0 fully saturated rings. The molecule has 0 bridgehead atoms. The minimum atomic E-state index is -0.408. The van der Waals surface area contributed by atoms with Gasteiger partial charge in [-0.25, -0.2) is 4.39 Å². The number of rotatable bonds is 6. The van der Waals surface area contributed by atoms with Crippen LogP contribution in [0.3, 0.4) is 0 Å². The number of amides is 2. The standard InChI is InChI=1S/C18H18ClFN2O2S/c1-11-9-13(19)3-8-16(11)22-18(24)12(2)25-10-17(23)21-15-6-4-14(20)5-7-15/h3-9,12H,10H2,1-2H3,(H,21,23)(H,22,24)/t12-/m0/s1. The van der Waals surface area contributed by atoms with Gasteiger partial charge in [-0.3, -0.25) is 9.59 Å². The minimum Gasteiger partial charge on any atom is -0.325 e. The van der Waals surface area contributed by atoms with Crippen molar-refractivity contribution in [3.05, 3.63) is 58.9 Å². The average molecular weight is 381 g/mol. The van der Waals surface area contributed by atoms with Gasteiger partial charge >= 0.3 is 0 Å². The third kappa shape index (κ3) is 6.07. The summed E-state index contributed by atoms with van der Waals surface area (Å²) in [5.74, 6) is -0.690. The highest BCUT2D eigenvalue weighted by molar-refractivity contribution is 8.01. The molecule has 0 unspecified atom stereocenters. The zero-order chi connectivity index (χ0) is 18.4. The van der Waals surface area contributed by atoms with E-state index in [1.165, 1.54) is 36.0 Å². The van der Waals surface area contributed by atoms with E-state index in [0.29, 0.717) is 16.4 Å². The lowest BCUT2D eigenvalue weighted by Crippen LogP contribution is -2.25. The first-order valence-corrected chi connectivity index (χ1v) is 9.02. The molecule has 0 aromatic heterocycles. The van der Waals surface area contributed by atoms with Crippen LogP contribution in [-0.2, 0) is 9.59 Å². The molecule has 25 heavy (non-hydrogen) atoms. The number of hydrogen-bond acceptors (Lipinski definition) is 3. The molecule has 0 aliphatic heterocycles. The Kier molecular flexibility index (Phi) is 6.84. The van der Waals surface area contributed by atoms with Gasteiger partial charge in [-0.15, -0.1) is 11.8 Å². The number of hydrogen-bond donors (Lipinski definition) is 2. The maximum atomic E-state index is 12.8. The van der Waals surface area contributed by atoms with E-state index in [1.807, 2.05) is 6.92 Å². The number of aryl methyl sites for hydroxylation is 1. The van der Waals surface area contributed by atoms with Crippen LogP contribution in [0, 0.1) is 12.7 Å². The SMILES string of the molecule is Cc1cc(Cl)ccc1NC(=O)[C@H](C)SCC(=O)Nc1ccc(F)cc1. The van der Waals surface area contributed by atoms with Crippen molar-refractivity contribution in [2.24, 2.45) is 0 Å². The van der Waals surface area contributed by atoms with Crippen molar-refractivity contribution >= 4 is 46.6 Å². The maximum Gasteiger partial charge on any atom is 0.237 e. The summed E-state index contributed by atoms with van der Waals surface area (Å²) in [4.78, 5) is 24.1. The van der Waals surface area contributed by atoms with Gasteiger partial charge in [0.1, 0.15) is 5.82 Å². The fourth-order valence-electron chi connectivity index (χ4n) is 2.01. The first-order chi connectivity index (χ1) is 11.8. The summed E-state index contributed by atoms with van der Waals surface area (Å²) in [6.07, 6.45) is 0. The van der Waals surface area contributed by atoms with Crippen molar-refractivity contribution in [1.29, 1.82) is 0 Å². The van der Waals surface area contributed by atoms with E-state index in [-0.39, 0.29) is 23.4 Å². The summed E-state index contributed by atoms with van der Waals surface area (Å²) < 4.78 is 12.8. The van der Waals surface area contributed by atoms with Crippen LogP contribution < -0.4 is 10.6 Å². The number of nitrogens with one attached hydrogen (secondary N) is 2. The predicted octanol–water partition coefficient (Wildman–Crippen LogP) is 4.49. The third-order valence-electron chi connectivity index (χ3n) is 3.41. The number of benzene rings is 2. The van der Waals surface area contributed by atoms with Gasteiger partial charge in [0.2, 0.25) is 11.8 Å². The molecule has 0 saturated carbocycles. The summed E-state index contributed by atoms with van der Waals surface area (Å²) in [6.45, 7) is 3.59. The third-order valence-corrected chi connectivity index (χ3v) is 4.79. The molecule has 2 aromatic carbocycles. The summed E-state index contributed by atoms with van der Waals surface area (Å²) in [5.41, 5.74) is 2.07. The van der Waals surface area contributed by atoms with Crippen LogP contribution in [0.25, 0.3) is 0 Å². The van der Waals surface area contributed by atoms with Gasteiger partial charge in [0.15, 0.2) is 0 Å². The van der Waals surface area contributed by atoms with E-state index in [9.17, 15) is 14.0 Å². The molecular formula is C18H18ClFN2O2S. The van der Waals surface area contributed by atoms with Crippen molar-refractivity contribution in [2.45, 2.75) is 19.1 Å². The first kappa shape index (κ1) is 19.3. The van der Waals surface area contributed by atoms with Crippen molar-refractivity contribution < 1.29 is 14.0 Å². The van der Waals surface area contributed by atoms with Gasteiger partial charge in [0.25, 0.3) is 0 Å². The van der Waals surface area contributed by atoms with E-state index in [2.05, 4.69) is 10.6 Å². The highest BCUT2D eigenvalue weighted by Gasteiger charge is 2.16. The molecule has 0 aliphatic carbocycles. The molecule has 2 amide bonds. The number of carbonyl (C=O) groups excluding carboxylic acids is 2. The maximum absolute atomic E-state index is 12.8. The van der Waals surface area contributed by atoms with Gasteiger partial charge in [-0.1, -0.05) is 11.6 Å². The highest BCUT2D eigenvalue weighted by Crippen LogP contribution is 2.21. The fraction of sp³-hybridized carbons (Fsp3) is 0.222. The van der Waals surface area contributed by atoms with Gasteiger partial charge in [-0.05, 0) is 61.9 Å². The van der Waals surface area contributed by atoms with Crippen molar-refractivity contribution in [3.63, 3.8) is 0 Å². The van der Waals surface area contributed by atoms with E-state index in [1.54, 1.807) is 25.1 Å². The molecule has 0 saturated heterocycles. The average Bonchev–Trinajstić information content (AvgIpc) is 2.57. The molecule has 2 aromatic rings. The smallest absolute Gasteiger partial charge is 0.237 e. The molecule has 1 atom stereocenters. The largest absolute Gasteiger partial charge is 0.325 e. The second-order valence-electron chi connectivity index (χ2n) is 5.46. The van der Waals surface area contributed by atoms with Gasteiger partial charge in [-0.2, -0.15) is 0 Å². The van der Waals surface area contributed by atoms with Crippen molar-refractivity contribution in [2.75, 3.05) is 16.4 Å². The first-order valence-electron chi connectivity index (χ1n) is 7.59. The second kappa shape index (κ2) is 8.87. The molecule has 132 valence electrons. The Balaban J connectivity index is 1.82. The van der Waals surface area contributed by atoms with Gasteiger partial charge < -0.3 is 10.6 Å². The van der Waals surface area contributed by atoms with Crippen LogP contribution in [-0.4, -0.2) is 22.8 Å². The molecule has 2 rings (SSSR count). The lowest BCUT2D eigenvalue weighted by molar-refractivity contribution is -0.115. The van der Waals surface area contributed by atoms with Crippen LogP contribution in [0.15, 0.2) is 42.5 Å². The molecule has 4 nitrogen and oxygen atoms in total. The quantitative estimate of drug-likeness (QED) is 0.776. The topological polar surface area (TPSA) is 58.2 Å². The van der Waals surface area contributed by atoms with Crippen LogP contribution in [0.2, 0.25) is 5.02 Å². The van der Waals surface area contributed by atoms with E-state index < -0.39 is 5.25 Å². The van der Waals surface area contributed by atoms with Crippen molar-refractivity contribution in [1.82, 2.24) is 0 Å². The molecule has 0 spiro atoms. The number of thioether (sulfide) groups is 1. The number of halogens is 2. The van der Waals surface area contributed by atoms with E-state index >= 15 is 0 Å². The normalized spacial score (nSPS) is 11.7. The lowest BCUT2D eigenvalue weighted by Gasteiger charge is -2.13. The molecule has 0 radical (unpaired) electrons. The Morgan fingerprint density at radius 1 is 1.16 bits per heavy atom. The van der Waals surface area contributed by atoms with E-state index in [0.717, 1.165) is 5.56 Å². The number of anilines is 2. The molecule has 0 heterocycles. The van der Waals surface area contributed by atoms with Crippen LogP contribution in [0.1, 0.15) is 12.5 Å². The Hall–Kier alpha value is -2.05. The van der Waals surface area contributed by atoms with Crippen LogP contribution in [0.4, 0.5) is 15.8 Å². The fourth-order valence-corrected chi connectivity index (χ4v) is 2.92. The Morgan fingerprint density at radius 2 is 1.84 bits per heavy atom. The number of carbonyl (C=O) groups is 2. The zero-order valence-corrected chi connectivity index (χ0v) is 15.4. The second-order valence-corrected chi connectivity index (χ2v) is 7.22. The summed E-state index contributed by atoms with van der Waals surface area (Å²) >= 11 is 7.11. The highest BCUT2D eigenvalue weighted by atomic mass is 35.5. The van der Waals surface area contributed by atoms with Crippen LogP contribution in [0.5, 0.6) is 0 Å². The Labute approximate surface area is 155 Å². The molecule has 0 aliphatic rings. The molecule has 2 N–H and O–H groups in total. The summed E-state index contributed by atoms with van der Waals surface area (Å²) in [6, 6.07) is 10.7. The van der Waals surface area contributed by atoms with Gasteiger partial charge in [0.05, 0.1) is 11.0 Å². The minimum absolute atomic E-state index is 0.117. The van der Waals surface area contributed by atoms with E-state index in [4.69, 9.17) is 11.6 Å². The van der Waals surface area contributed by atoms with Crippen LogP contribution >= 0.6 is 23.4 Å². The van der Waals surface area contributed by atoms with Gasteiger partial charge in [0, 0.05) is 16.4 Å². The molecule has 7 heteroatoms. The lowest BCUT2D eigenvalue weighted by atomic mass is 10.2. The monoisotopic (exact) mass is 380 g/mol.